The second-order valence-corrected chi connectivity index (χ2v) is 6.44. The molecule has 0 saturated carbocycles. The van der Waals surface area contributed by atoms with E-state index in [0.717, 1.165) is 37.4 Å². The zero-order valence-corrected chi connectivity index (χ0v) is 14.9. The maximum Gasteiger partial charge on any atom is 0.164 e. The Morgan fingerprint density at radius 3 is 2.71 bits per heavy atom. The molecule has 0 saturated heterocycles. The van der Waals surface area contributed by atoms with E-state index in [9.17, 15) is 0 Å². The third kappa shape index (κ3) is 2.80. The minimum Gasteiger partial charge on any atom is -0.497 e. The van der Waals surface area contributed by atoms with Gasteiger partial charge in [0.25, 0.3) is 0 Å². The van der Waals surface area contributed by atoms with Crippen molar-refractivity contribution in [3.63, 3.8) is 0 Å². The van der Waals surface area contributed by atoms with Crippen molar-refractivity contribution in [1.82, 2.24) is 14.5 Å². The molecule has 3 rings (SSSR count). The van der Waals surface area contributed by atoms with Crippen LogP contribution in [-0.2, 0) is 5.88 Å². The van der Waals surface area contributed by atoms with Crippen LogP contribution in [0.4, 0.5) is 0 Å². The van der Waals surface area contributed by atoms with Crippen LogP contribution in [0.3, 0.4) is 0 Å². The van der Waals surface area contributed by atoms with Crippen molar-refractivity contribution < 1.29 is 4.74 Å². The first-order chi connectivity index (χ1) is 10.1. The van der Waals surface area contributed by atoms with E-state index in [4.69, 9.17) is 16.3 Å². The zero-order valence-electron chi connectivity index (χ0n) is 11.0. The maximum atomic E-state index is 6.04. The third-order valence-electron chi connectivity index (χ3n) is 3.00. The van der Waals surface area contributed by atoms with Crippen molar-refractivity contribution >= 4 is 54.6 Å². The smallest absolute Gasteiger partial charge is 0.164 e. The van der Waals surface area contributed by atoms with Crippen LogP contribution in [0.1, 0.15) is 5.82 Å². The Bertz CT molecular complexity index is 819. The minimum atomic E-state index is 0.294. The molecule has 2 heterocycles. The second-order valence-electron chi connectivity index (χ2n) is 4.34. The van der Waals surface area contributed by atoms with Gasteiger partial charge >= 0.3 is 0 Å². The summed E-state index contributed by atoms with van der Waals surface area (Å²) in [6.07, 6.45) is 1.74. The molecule has 108 valence electrons. The quantitative estimate of drug-likeness (QED) is 0.565. The summed E-state index contributed by atoms with van der Waals surface area (Å²) in [6, 6.07) is 7.71. The van der Waals surface area contributed by atoms with E-state index in [0.29, 0.717) is 5.88 Å². The molecule has 0 amide bonds. The number of hydrogen-bond acceptors (Lipinski definition) is 3. The lowest BCUT2D eigenvalue weighted by Crippen LogP contribution is -2.01. The number of pyridine rings is 1. The molecule has 0 atom stereocenters. The number of halogens is 3. The van der Waals surface area contributed by atoms with E-state index in [1.54, 1.807) is 13.3 Å². The third-order valence-corrected chi connectivity index (χ3v) is 4.13. The number of rotatable bonds is 3. The molecule has 0 fully saturated rings. The Morgan fingerprint density at radius 1 is 1.19 bits per heavy atom. The molecule has 0 bridgehead atoms. The molecular formula is C14H10Br2ClN3O. The van der Waals surface area contributed by atoms with E-state index in [-0.39, 0.29) is 0 Å². The van der Waals surface area contributed by atoms with Gasteiger partial charge in [-0.25, -0.2) is 9.97 Å². The zero-order chi connectivity index (χ0) is 15.0. The molecule has 0 N–H and O–H groups in total. The van der Waals surface area contributed by atoms with Gasteiger partial charge in [0.1, 0.15) is 17.1 Å². The van der Waals surface area contributed by atoms with Crippen LogP contribution in [0.5, 0.6) is 5.75 Å². The first-order valence-electron chi connectivity index (χ1n) is 6.06. The summed E-state index contributed by atoms with van der Waals surface area (Å²) < 4.78 is 9.04. The van der Waals surface area contributed by atoms with Gasteiger partial charge in [0.05, 0.1) is 18.7 Å². The van der Waals surface area contributed by atoms with E-state index < -0.39 is 0 Å². The maximum absolute atomic E-state index is 6.04. The summed E-state index contributed by atoms with van der Waals surface area (Å²) >= 11 is 12.9. The molecule has 0 unspecified atom stereocenters. The van der Waals surface area contributed by atoms with Crippen molar-refractivity contribution in [3.8, 4) is 11.4 Å². The molecule has 0 aliphatic carbocycles. The van der Waals surface area contributed by atoms with Gasteiger partial charge in [-0.15, -0.1) is 11.6 Å². The van der Waals surface area contributed by atoms with E-state index in [1.165, 1.54) is 0 Å². The van der Waals surface area contributed by atoms with Gasteiger partial charge < -0.3 is 4.74 Å². The highest BCUT2D eigenvalue weighted by molar-refractivity contribution is 9.10. The molecular weight excluding hydrogens is 421 g/mol. The number of methoxy groups -OCH3 is 1. The fourth-order valence-electron chi connectivity index (χ4n) is 2.14. The highest BCUT2D eigenvalue weighted by Gasteiger charge is 2.14. The van der Waals surface area contributed by atoms with Crippen molar-refractivity contribution in [2.24, 2.45) is 0 Å². The van der Waals surface area contributed by atoms with E-state index >= 15 is 0 Å². The second kappa shape index (κ2) is 5.94. The largest absolute Gasteiger partial charge is 0.497 e. The van der Waals surface area contributed by atoms with Crippen LogP contribution in [-0.4, -0.2) is 21.6 Å². The first kappa shape index (κ1) is 14.8. The number of ether oxygens (including phenoxy) is 1. The molecule has 1 aromatic carbocycles. The molecule has 0 spiro atoms. The standard InChI is InChI=1S/C14H10Br2ClN3O/c1-21-11-3-8(15)2-10(5-11)20-13(6-17)19-12-4-9(16)7-18-14(12)20/h2-5,7H,6H2,1H3. The Morgan fingerprint density at radius 2 is 2.00 bits per heavy atom. The van der Waals surface area contributed by atoms with E-state index in [2.05, 4.69) is 41.8 Å². The minimum absolute atomic E-state index is 0.294. The molecule has 21 heavy (non-hydrogen) atoms. The Labute approximate surface area is 143 Å². The SMILES string of the molecule is COc1cc(Br)cc(-n2c(CCl)nc3cc(Br)cnc32)c1. The summed E-state index contributed by atoms with van der Waals surface area (Å²) in [7, 11) is 1.63. The average molecular weight is 432 g/mol. The van der Waals surface area contributed by atoms with Crippen LogP contribution in [0.25, 0.3) is 16.9 Å². The van der Waals surface area contributed by atoms with Crippen LogP contribution >= 0.6 is 43.5 Å². The lowest BCUT2D eigenvalue weighted by Gasteiger charge is -2.10. The fourth-order valence-corrected chi connectivity index (χ4v) is 3.10. The predicted octanol–water partition coefficient (Wildman–Crippen LogP) is 4.69. The summed E-state index contributed by atoms with van der Waals surface area (Å²) in [6.45, 7) is 0. The molecule has 0 aliphatic heterocycles. The Kier molecular flexibility index (Phi) is 4.19. The first-order valence-corrected chi connectivity index (χ1v) is 8.18. The summed E-state index contributed by atoms with van der Waals surface area (Å²) in [5, 5.41) is 0. The Balaban J connectivity index is 2.30. The summed E-state index contributed by atoms with van der Waals surface area (Å²) in [5.41, 5.74) is 2.45. The number of benzene rings is 1. The van der Waals surface area contributed by atoms with Crippen molar-refractivity contribution in [3.05, 3.63) is 45.2 Å². The molecule has 4 nitrogen and oxygen atoms in total. The highest BCUT2D eigenvalue weighted by atomic mass is 79.9. The average Bonchev–Trinajstić information content (AvgIpc) is 2.83. The lowest BCUT2D eigenvalue weighted by molar-refractivity contribution is 0.414. The topological polar surface area (TPSA) is 39.9 Å². The van der Waals surface area contributed by atoms with Crippen LogP contribution in [0, 0.1) is 0 Å². The number of alkyl halides is 1. The summed E-state index contributed by atoms with van der Waals surface area (Å²) in [4.78, 5) is 8.99. The van der Waals surface area contributed by atoms with Gasteiger partial charge in [0.2, 0.25) is 0 Å². The monoisotopic (exact) mass is 429 g/mol. The molecule has 2 aromatic heterocycles. The van der Waals surface area contributed by atoms with Gasteiger partial charge in [-0.1, -0.05) is 15.9 Å². The van der Waals surface area contributed by atoms with Gasteiger partial charge in [-0.2, -0.15) is 0 Å². The van der Waals surface area contributed by atoms with Gasteiger partial charge in [0.15, 0.2) is 5.65 Å². The number of fused-ring (bicyclic) bond motifs is 1. The van der Waals surface area contributed by atoms with Gasteiger partial charge in [-0.3, -0.25) is 4.57 Å². The number of nitrogens with zero attached hydrogens (tertiary/aromatic N) is 3. The van der Waals surface area contributed by atoms with Crippen LogP contribution < -0.4 is 4.74 Å². The predicted molar refractivity (Wildman–Crippen MR) is 90.4 cm³/mol. The number of hydrogen-bond donors (Lipinski definition) is 0. The molecule has 0 radical (unpaired) electrons. The summed E-state index contributed by atoms with van der Waals surface area (Å²) in [5.74, 6) is 1.78. The van der Waals surface area contributed by atoms with Crippen molar-refractivity contribution in [1.29, 1.82) is 0 Å². The van der Waals surface area contributed by atoms with E-state index in [1.807, 2.05) is 28.8 Å². The Hall–Kier alpha value is -1.11. The molecule has 7 heteroatoms. The van der Waals surface area contributed by atoms with Gasteiger partial charge in [0, 0.05) is 21.2 Å². The van der Waals surface area contributed by atoms with Gasteiger partial charge in [-0.05, 0) is 34.1 Å². The fraction of sp³-hybridized carbons (Fsp3) is 0.143. The molecule has 3 aromatic rings. The molecule has 0 aliphatic rings. The number of aromatic nitrogens is 3. The van der Waals surface area contributed by atoms with Crippen molar-refractivity contribution in [2.75, 3.05) is 7.11 Å². The van der Waals surface area contributed by atoms with Crippen LogP contribution in [0.15, 0.2) is 39.4 Å². The van der Waals surface area contributed by atoms with Crippen LogP contribution in [0.2, 0.25) is 0 Å². The number of imidazole rings is 1. The normalized spacial score (nSPS) is 11.0. The van der Waals surface area contributed by atoms with Crippen molar-refractivity contribution in [2.45, 2.75) is 5.88 Å². The highest BCUT2D eigenvalue weighted by Crippen LogP contribution is 2.28. The lowest BCUT2D eigenvalue weighted by atomic mass is 10.3.